The van der Waals surface area contributed by atoms with Crippen LogP contribution in [0, 0.1) is 6.92 Å². The predicted octanol–water partition coefficient (Wildman–Crippen LogP) is 4.60. The molecule has 4 rings (SSSR count). The van der Waals surface area contributed by atoms with Crippen molar-refractivity contribution in [3.05, 3.63) is 71.8 Å². The van der Waals surface area contributed by atoms with Crippen LogP contribution in [0.2, 0.25) is 0 Å². The maximum atomic E-state index is 13.5. The van der Waals surface area contributed by atoms with Crippen LogP contribution in [0.25, 0.3) is 10.8 Å². The number of carbonyl (C=O) groups is 2. The van der Waals surface area contributed by atoms with Crippen molar-refractivity contribution in [1.29, 1.82) is 0 Å². The molecule has 0 aromatic heterocycles. The second kappa shape index (κ2) is 10.6. The molecule has 3 aromatic carbocycles. The number of nitrogens with one attached hydrogen (secondary N) is 3. The molecule has 184 valence electrons. The molecule has 1 aliphatic rings. The van der Waals surface area contributed by atoms with Gasteiger partial charge < -0.3 is 15.5 Å². The topological polar surface area (TPSA) is 90.5 Å². The number of anilines is 1. The smallest absolute Gasteiger partial charge is 0.317 e. The lowest BCUT2D eigenvalue weighted by Gasteiger charge is -2.39. The normalized spacial score (nSPS) is 16.0. The molecule has 7 nitrogen and oxygen atoms in total. The number of benzene rings is 3. The van der Waals surface area contributed by atoms with Gasteiger partial charge in [0.1, 0.15) is 11.0 Å². The molecular formula is C27H32N4O3S. The molecule has 1 atom stereocenters. The molecule has 3 N–H and O–H groups in total. The third-order valence-electron chi connectivity index (χ3n) is 6.54. The number of carbonyl (C=O) groups excluding carboxylic acids is 2. The van der Waals surface area contributed by atoms with E-state index in [-0.39, 0.29) is 17.5 Å². The fraction of sp³-hybridized carbons (Fsp3) is 0.333. The number of fused-ring (bicyclic) bond motifs is 1. The van der Waals surface area contributed by atoms with Crippen molar-refractivity contribution in [2.24, 2.45) is 0 Å². The summed E-state index contributed by atoms with van der Waals surface area (Å²) in [6, 6.07) is 18.7. The number of rotatable bonds is 6. The molecule has 1 heterocycles. The van der Waals surface area contributed by atoms with E-state index >= 15 is 0 Å². The Balaban J connectivity index is 1.53. The highest BCUT2D eigenvalue weighted by atomic mass is 32.2. The van der Waals surface area contributed by atoms with Crippen LogP contribution in [0.15, 0.2) is 65.6 Å². The predicted molar refractivity (Wildman–Crippen MR) is 141 cm³/mol. The first-order valence-corrected chi connectivity index (χ1v) is 13.1. The average molecular weight is 493 g/mol. The molecule has 35 heavy (non-hydrogen) atoms. The Bertz CT molecular complexity index is 1270. The Morgan fingerprint density at radius 3 is 2.31 bits per heavy atom. The van der Waals surface area contributed by atoms with E-state index in [1.54, 1.807) is 11.0 Å². The summed E-state index contributed by atoms with van der Waals surface area (Å²) in [6.45, 7) is 7.68. The van der Waals surface area contributed by atoms with E-state index in [0.29, 0.717) is 48.6 Å². The van der Waals surface area contributed by atoms with E-state index in [2.05, 4.69) is 22.3 Å². The van der Waals surface area contributed by atoms with Gasteiger partial charge in [0, 0.05) is 47.2 Å². The van der Waals surface area contributed by atoms with Gasteiger partial charge in [0.2, 0.25) is 0 Å². The van der Waals surface area contributed by atoms with E-state index < -0.39 is 11.0 Å². The van der Waals surface area contributed by atoms with Gasteiger partial charge in [-0.15, -0.1) is 0 Å². The molecule has 8 heteroatoms. The molecule has 0 saturated carbocycles. The Kier molecular flexibility index (Phi) is 7.52. The first-order valence-electron chi connectivity index (χ1n) is 11.9. The van der Waals surface area contributed by atoms with Crippen molar-refractivity contribution in [2.75, 3.05) is 25.0 Å². The van der Waals surface area contributed by atoms with Gasteiger partial charge in [-0.25, -0.2) is 13.7 Å². The van der Waals surface area contributed by atoms with Crippen LogP contribution in [0.1, 0.15) is 42.6 Å². The quantitative estimate of drug-likeness (QED) is 0.470. The number of aryl methyl sites for hydroxylation is 1. The van der Waals surface area contributed by atoms with Crippen LogP contribution in [-0.2, 0) is 11.0 Å². The van der Waals surface area contributed by atoms with Crippen LogP contribution in [-0.4, -0.2) is 46.2 Å². The fourth-order valence-corrected chi connectivity index (χ4v) is 5.74. The zero-order valence-corrected chi connectivity index (χ0v) is 21.2. The van der Waals surface area contributed by atoms with Gasteiger partial charge in [0.25, 0.3) is 5.91 Å². The molecule has 3 amide bonds. The molecule has 1 aliphatic heterocycles. The van der Waals surface area contributed by atoms with Crippen molar-refractivity contribution >= 4 is 39.4 Å². The summed E-state index contributed by atoms with van der Waals surface area (Å²) in [5.74, 6) is -0.174. The van der Waals surface area contributed by atoms with Crippen LogP contribution >= 0.6 is 0 Å². The number of hydrogen-bond acceptors (Lipinski definition) is 3. The maximum Gasteiger partial charge on any atom is 0.317 e. The molecular weight excluding hydrogens is 460 g/mol. The molecule has 0 spiro atoms. The van der Waals surface area contributed by atoms with Crippen LogP contribution in [0.5, 0.6) is 0 Å². The van der Waals surface area contributed by atoms with E-state index in [9.17, 15) is 13.8 Å². The molecule has 0 radical (unpaired) electrons. The van der Waals surface area contributed by atoms with Gasteiger partial charge in [0.15, 0.2) is 0 Å². The minimum Gasteiger partial charge on any atom is -0.338 e. The molecule has 1 saturated heterocycles. The van der Waals surface area contributed by atoms with Gasteiger partial charge in [0.05, 0.1) is 4.90 Å². The number of amides is 3. The number of likely N-dealkylation sites (tertiary alicyclic amines) is 1. The van der Waals surface area contributed by atoms with Crippen LogP contribution in [0.4, 0.5) is 10.5 Å². The highest BCUT2D eigenvalue weighted by Gasteiger charge is 2.33. The highest BCUT2D eigenvalue weighted by molar-refractivity contribution is 7.83. The Morgan fingerprint density at radius 2 is 1.63 bits per heavy atom. The minimum atomic E-state index is -1.46. The van der Waals surface area contributed by atoms with Gasteiger partial charge >= 0.3 is 6.03 Å². The van der Waals surface area contributed by atoms with Gasteiger partial charge in [-0.1, -0.05) is 42.5 Å². The van der Waals surface area contributed by atoms with E-state index in [1.165, 1.54) is 0 Å². The molecule has 3 aromatic rings. The van der Waals surface area contributed by atoms with E-state index in [1.807, 2.05) is 68.4 Å². The minimum absolute atomic E-state index is 0.0509. The summed E-state index contributed by atoms with van der Waals surface area (Å²) in [6.07, 6.45) is 1.41. The summed E-state index contributed by atoms with van der Waals surface area (Å²) in [5.41, 5.74) is 1.85. The number of nitrogens with zero attached hydrogens (tertiary/aromatic N) is 1. The summed E-state index contributed by atoms with van der Waals surface area (Å²) in [5, 5.41) is 7.51. The summed E-state index contributed by atoms with van der Waals surface area (Å²) < 4.78 is 16.8. The largest absolute Gasteiger partial charge is 0.338 e. The monoisotopic (exact) mass is 492 g/mol. The number of urea groups is 1. The van der Waals surface area contributed by atoms with Gasteiger partial charge in [-0.05, 0) is 57.4 Å². The Hall–Kier alpha value is -3.23. The summed E-state index contributed by atoms with van der Waals surface area (Å²) in [4.78, 5) is 27.5. The van der Waals surface area contributed by atoms with Crippen molar-refractivity contribution in [2.45, 2.75) is 44.0 Å². The highest BCUT2D eigenvalue weighted by Crippen LogP contribution is 2.31. The van der Waals surface area contributed by atoms with Crippen molar-refractivity contribution in [3.8, 4) is 0 Å². The van der Waals surface area contributed by atoms with E-state index in [0.717, 1.165) is 16.3 Å². The van der Waals surface area contributed by atoms with Crippen molar-refractivity contribution < 1.29 is 13.8 Å². The summed E-state index contributed by atoms with van der Waals surface area (Å²) >= 11 is 0. The Morgan fingerprint density at radius 1 is 0.971 bits per heavy atom. The standard InChI is InChI=1S/C27H32N4O3S/c1-4-28-26(33)31-17-15-27(3,16-18-31)30-35(34)24-14-13-23(21-11-7-8-12-22(21)24)29-25(32)20-10-6-5-9-19(20)2/h5-14,30H,4,15-18H2,1-3H3,(H,28,33)(H,29,32). The first kappa shape index (κ1) is 24.9. The number of piperidine rings is 1. The zero-order valence-electron chi connectivity index (χ0n) is 20.4. The lowest BCUT2D eigenvalue weighted by atomic mass is 9.91. The molecule has 0 bridgehead atoms. The van der Waals surface area contributed by atoms with Crippen molar-refractivity contribution in [1.82, 2.24) is 14.9 Å². The third kappa shape index (κ3) is 5.55. The fourth-order valence-electron chi connectivity index (χ4n) is 4.41. The SMILES string of the molecule is CCNC(=O)N1CCC(C)(NS(=O)c2ccc(NC(=O)c3ccccc3C)c3ccccc23)CC1. The maximum absolute atomic E-state index is 13.5. The lowest BCUT2D eigenvalue weighted by molar-refractivity contribution is 0.102. The first-order chi connectivity index (χ1) is 16.8. The zero-order chi connectivity index (χ0) is 25.0. The van der Waals surface area contributed by atoms with Gasteiger partial charge in [-0.3, -0.25) is 4.79 Å². The second-order valence-corrected chi connectivity index (χ2v) is 10.4. The average Bonchev–Trinajstić information content (AvgIpc) is 2.84. The van der Waals surface area contributed by atoms with Crippen molar-refractivity contribution in [3.63, 3.8) is 0 Å². The summed E-state index contributed by atoms with van der Waals surface area (Å²) in [7, 11) is -1.46. The van der Waals surface area contributed by atoms with Gasteiger partial charge in [-0.2, -0.15) is 0 Å². The second-order valence-electron chi connectivity index (χ2n) is 9.18. The van der Waals surface area contributed by atoms with Crippen LogP contribution in [0.3, 0.4) is 0 Å². The third-order valence-corrected chi connectivity index (χ3v) is 7.98. The lowest BCUT2D eigenvalue weighted by Crippen LogP contribution is -2.54. The molecule has 0 aliphatic carbocycles. The Labute approximate surface area is 208 Å². The number of hydrogen-bond donors (Lipinski definition) is 3. The molecule has 1 fully saturated rings. The van der Waals surface area contributed by atoms with Crippen LogP contribution < -0.4 is 15.4 Å². The molecule has 1 unspecified atom stereocenters. The van der Waals surface area contributed by atoms with E-state index in [4.69, 9.17) is 0 Å².